The minimum Gasteiger partial charge on any atom is -0.369 e. The molecule has 1 aromatic carbocycles. The maximum atomic E-state index is 3.37. The van der Waals surface area contributed by atoms with Crippen LogP contribution in [-0.4, -0.2) is 31.2 Å². The Balaban J connectivity index is 0.000000722. The van der Waals surface area contributed by atoms with Crippen molar-refractivity contribution in [3.8, 4) is 0 Å². The molecule has 0 saturated carbocycles. The predicted molar refractivity (Wildman–Crippen MR) is 77.9 cm³/mol. The van der Waals surface area contributed by atoms with Crippen LogP contribution in [0.3, 0.4) is 0 Å². The van der Waals surface area contributed by atoms with E-state index in [1.807, 2.05) is 6.20 Å². The van der Waals surface area contributed by atoms with Gasteiger partial charge in [0.2, 0.25) is 0 Å². The first-order valence-corrected chi connectivity index (χ1v) is 5.46. The van der Waals surface area contributed by atoms with E-state index in [-0.39, 0.29) is 24.8 Å². The Morgan fingerprint density at radius 1 is 1.00 bits per heavy atom. The van der Waals surface area contributed by atoms with Crippen LogP contribution in [-0.2, 0) is 0 Å². The van der Waals surface area contributed by atoms with Crippen molar-refractivity contribution in [2.75, 3.05) is 31.1 Å². The van der Waals surface area contributed by atoms with Gasteiger partial charge >= 0.3 is 0 Å². The standard InChI is InChI=1S/C12H15N3.2ClH/c1-2-11(15-7-5-13-6-8-15)9-12-10(1)3-4-14-12;;/h1-4,9,13-14H,5-8H2;2*1H. The minimum atomic E-state index is 0. The highest BCUT2D eigenvalue weighted by molar-refractivity contribution is 5.85. The average Bonchev–Trinajstić information content (AvgIpc) is 2.77. The van der Waals surface area contributed by atoms with E-state index in [9.17, 15) is 0 Å². The molecule has 94 valence electrons. The fraction of sp³-hybridized carbons (Fsp3) is 0.333. The topological polar surface area (TPSA) is 31.1 Å². The first kappa shape index (κ1) is 14.2. The van der Waals surface area contributed by atoms with Gasteiger partial charge in [-0.25, -0.2) is 0 Å². The van der Waals surface area contributed by atoms with E-state index in [1.165, 1.54) is 16.6 Å². The highest BCUT2D eigenvalue weighted by Crippen LogP contribution is 2.21. The smallest absolute Gasteiger partial charge is 0.0474 e. The molecule has 1 aromatic heterocycles. The molecule has 0 bridgehead atoms. The van der Waals surface area contributed by atoms with Gasteiger partial charge in [-0.2, -0.15) is 0 Å². The van der Waals surface area contributed by atoms with Gasteiger partial charge in [0.05, 0.1) is 0 Å². The predicted octanol–water partition coefficient (Wildman–Crippen LogP) is 2.42. The average molecular weight is 274 g/mol. The van der Waals surface area contributed by atoms with Gasteiger partial charge < -0.3 is 15.2 Å². The van der Waals surface area contributed by atoms with Crippen molar-refractivity contribution in [3.05, 3.63) is 30.5 Å². The fourth-order valence-corrected chi connectivity index (χ4v) is 2.16. The Labute approximate surface area is 113 Å². The lowest BCUT2D eigenvalue weighted by atomic mass is 10.2. The van der Waals surface area contributed by atoms with Crippen LogP contribution in [0.1, 0.15) is 0 Å². The summed E-state index contributed by atoms with van der Waals surface area (Å²) in [5, 5.41) is 4.65. The summed E-state index contributed by atoms with van der Waals surface area (Å²) in [5.41, 5.74) is 2.55. The first-order valence-electron chi connectivity index (χ1n) is 5.46. The van der Waals surface area contributed by atoms with Crippen molar-refractivity contribution >= 4 is 41.4 Å². The summed E-state index contributed by atoms with van der Waals surface area (Å²) in [6.07, 6.45) is 1.99. The number of benzene rings is 1. The number of piperazine rings is 1. The van der Waals surface area contributed by atoms with Crippen molar-refractivity contribution < 1.29 is 0 Å². The fourth-order valence-electron chi connectivity index (χ4n) is 2.16. The number of halogens is 2. The van der Waals surface area contributed by atoms with Crippen LogP contribution < -0.4 is 10.2 Å². The summed E-state index contributed by atoms with van der Waals surface area (Å²) in [4.78, 5) is 5.68. The SMILES string of the molecule is Cl.Cl.c1cc2ccc(N3CCNCC3)cc2[nH]1. The Morgan fingerprint density at radius 2 is 1.76 bits per heavy atom. The number of nitrogens with one attached hydrogen (secondary N) is 2. The zero-order chi connectivity index (χ0) is 10.1. The third-order valence-corrected chi connectivity index (χ3v) is 3.02. The van der Waals surface area contributed by atoms with Gasteiger partial charge in [-0.05, 0) is 23.6 Å². The van der Waals surface area contributed by atoms with Crippen LogP contribution in [0.15, 0.2) is 30.5 Å². The van der Waals surface area contributed by atoms with Crippen molar-refractivity contribution in [2.45, 2.75) is 0 Å². The molecular weight excluding hydrogens is 257 g/mol. The third-order valence-electron chi connectivity index (χ3n) is 3.02. The Hall–Kier alpha value is -0.900. The van der Waals surface area contributed by atoms with Crippen LogP contribution >= 0.6 is 24.8 Å². The number of hydrogen-bond acceptors (Lipinski definition) is 2. The lowest BCUT2D eigenvalue weighted by molar-refractivity contribution is 0.589. The van der Waals surface area contributed by atoms with Gasteiger partial charge in [-0.3, -0.25) is 0 Å². The number of hydrogen-bond donors (Lipinski definition) is 2. The molecule has 0 unspecified atom stereocenters. The lowest BCUT2D eigenvalue weighted by Gasteiger charge is -2.29. The molecule has 2 aromatic rings. The van der Waals surface area contributed by atoms with Gasteiger partial charge in [0, 0.05) is 43.6 Å². The second-order valence-electron chi connectivity index (χ2n) is 3.99. The molecule has 1 saturated heterocycles. The van der Waals surface area contributed by atoms with Crippen molar-refractivity contribution in [1.29, 1.82) is 0 Å². The summed E-state index contributed by atoms with van der Waals surface area (Å²) in [6.45, 7) is 4.38. The van der Waals surface area contributed by atoms with E-state index in [2.05, 4.69) is 39.5 Å². The number of rotatable bonds is 1. The molecule has 0 radical (unpaired) electrons. The largest absolute Gasteiger partial charge is 0.369 e. The molecule has 0 aliphatic carbocycles. The zero-order valence-corrected chi connectivity index (χ0v) is 11.1. The number of aromatic amines is 1. The number of nitrogens with zero attached hydrogens (tertiary/aromatic N) is 1. The van der Waals surface area contributed by atoms with Crippen LogP contribution in [0.2, 0.25) is 0 Å². The molecule has 5 heteroatoms. The summed E-state index contributed by atoms with van der Waals surface area (Å²) >= 11 is 0. The van der Waals surface area contributed by atoms with Gasteiger partial charge in [0.1, 0.15) is 0 Å². The van der Waals surface area contributed by atoms with E-state index >= 15 is 0 Å². The third kappa shape index (κ3) is 2.86. The normalized spacial score (nSPS) is 15.2. The molecule has 0 amide bonds. The van der Waals surface area contributed by atoms with E-state index in [4.69, 9.17) is 0 Å². The van der Waals surface area contributed by atoms with Gasteiger partial charge in [-0.15, -0.1) is 24.8 Å². The number of anilines is 1. The molecule has 2 heterocycles. The monoisotopic (exact) mass is 273 g/mol. The zero-order valence-electron chi connectivity index (χ0n) is 9.48. The van der Waals surface area contributed by atoms with E-state index in [0.29, 0.717) is 0 Å². The molecule has 0 spiro atoms. The molecule has 2 N–H and O–H groups in total. The highest BCUT2D eigenvalue weighted by atomic mass is 35.5. The van der Waals surface area contributed by atoms with Crippen molar-refractivity contribution in [2.24, 2.45) is 0 Å². The summed E-state index contributed by atoms with van der Waals surface area (Å²) in [5.74, 6) is 0. The summed E-state index contributed by atoms with van der Waals surface area (Å²) < 4.78 is 0. The molecule has 1 aliphatic heterocycles. The first-order chi connectivity index (χ1) is 7.43. The second-order valence-corrected chi connectivity index (χ2v) is 3.99. The molecule has 3 rings (SSSR count). The molecule has 1 fully saturated rings. The summed E-state index contributed by atoms with van der Waals surface area (Å²) in [7, 11) is 0. The van der Waals surface area contributed by atoms with E-state index < -0.39 is 0 Å². The second kappa shape index (κ2) is 6.15. The lowest BCUT2D eigenvalue weighted by Crippen LogP contribution is -2.43. The number of H-pyrrole nitrogens is 1. The van der Waals surface area contributed by atoms with Gasteiger partial charge in [-0.1, -0.05) is 6.07 Å². The van der Waals surface area contributed by atoms with Crippen LogP contribution in [0, 0.1) is 0 Å². The number of fused-ring (bicyclic) bond motifs is 1. The molecule has 17 heavy (non-hydrogen) atoms. The number of aromatic nitrogens is 1. The molecular formula is C12H17Cl2N3. The van der Waals surface area contributed by atoms with E-state index in [0.717, 1.165) is 26.2 Å². The van der Waals surface area contributed by atoms with Gasteiger partial charge in [0.15, 0.2) is 0 Å². The van der Waals surface area contributed by atoms with Crippen LogP contribution in [0.4, 0.5) is 5.69 Å². The molecule has 0 atom stereocenters. The quantitative estimate of drug-likeness (QED) is 0.836. The molecule has 1 aliphatic rings. The Kier molecular flexibility index (Phi) is 5.12. The maximum absolute atomic E-state index is 3.37. The minimum absolute atomic E-state index is 0. The van der Waals surface area contributed by atoms with Crippen molar-refractivity contribution in [1.82, 2.24) is 10.3 Å². The summed E-state index contributed by atoms with van der Waals surface area (Å²) in [6, 6.07) is 8.74. The van der Waals surface area contributed by atoms with Gasteiger partial charge in [0.25, 0.3) is 0 Å². The van der Waals surface area contributed by atoms with Crippen LogP contribution in [0.5, 0.6) is 0 Å². The van der Waals surface area contributed by atoms with E-state index in [1.54, 1.807) is 0 Å². The Morgan fingerprint density at radius 3 is 2.53 bits per heavy atom. The maximum Gasteiger partial charge on any atom is 0.0474 e. The Bertz CT molecular complexity index is 463. The molecule has 3 nitrogen and oxygen atoms in total. The van der Waals surface area contributed by atoms with Crippen molar-refractivity contribution in [3.63, 3.8) is 0 Å². The van der Waals surface area contributed by atoms with Crippen LogP contribution in [0.25, 0.3) is 10.9 Å². The highest BCUT2D eigenvalue weighted by Gasteiger charge is 2.10.